The van der Waals surface area contributed by atoms with E-state index in [9.17, 15) is 4.79 Å². The Balaban J connectivity index is 0.00000192. The Morgan fingerprint density at radius 2 is 2.00 bits per heavy atom. The van der Waals surface area contributed by atoms with Crippen LogP contribution in [-0.4, -0.2) is 30.0 Å². The first-order valence-corrected chi connectivity index (χ1v) is 9.80. The molecule has 3 rings (SSSR count). The summed E-state index contributed by atoms with van der Waals surface area (Å²) in [5.74, 6) is 1.98. The number of aryl methyl sites for hydroxylation is 1. The monoisotopic (exact) mass is 354 g/mol. The van der Waals surface area contributed by atoms with Crippen LogP contribution in [0.15, 0.2) is 24.3 Å². The Morgan fingerprint density at radius 3 is 2.70 bits per heavy atom. The van der Waals surface area contributed by atoms with E-state index in [1.807, 2.05) is 23.9 Å². The molecule has 1 aliphatic carbocycles. The molecule has 1 aliphatic heterocycles. The first kappa shape index (κ1) is 18.6. The van der Waals surface area contributed by atoms with Crippen molar-refractivity contribution in [2.45, 2.75) is 50.6 Å². The molecule has 1 aromatic rings. The Bertz CT molecular complexity index is 494. The van der Waals surface area contributed by atoms with Gasteiger partial charge in [-0.15, -0.1) is 12.4 Å². The van der Waals surface area contributed by atoms with Gasteiger partial charge in [0.15, 0.2) is 0 Å². The largest absolute Gasteiger partial charge is 0.325 e. The number of thioether (sulfide) groups is 1. The maximum absolute atomic E-state index is 12.4. The maximum Gasteiger partial charge on any atom is 0.241 e. The second-order valence-corrected chi connectivity index (χ2v) is 7.52. The quantitative estimate of drug-likeness (QED) is 0.843. The third kappa shape index (κ3) is 4.88. The van der Waals surface area contributed by atoms with E-state index in [1.54, 1.807) is 0 Å². The Hall–Kier alpha value is -0.710. The zero-order valence-electron chi connectivity index (χ0n) is 13.7. The molecule has 2 aliphatic rings. The van der Waals surface area contributed by atoms with Gasteiger partial charge in [-0.2, -0.15) is 11.8 Å². The minimum atomic E-state index is -0.00994. The first-order chi connectivity index (χ1) is 10.8. The van der Waals surface area contributed by atoms with E-state index < -0.39 is 0 Å². The van der Waals surface area contributed by atoms with Gasteiger partial charge >= 0.3 is 0 Å². The highest BCUT2D eigenvalue weighted by molar-refractivity contribution is 7.98. The molecule has 1 saturated heterocycles. The lowest BCUT2D eigenvalue weighted by atomic mass is 9.85. The normalized spacial score (nSPS) is 26.2. The van der Waals surface area contributed by atoms with Crippen molar-refractivity contribution in [2.75, 3.05) is 17.3 Å². The zero-order chi connectivity index (χ0) is 15.4. The Morgan fingerprint density at radius 1 is 1.26 bits per heavy atom. The van der Waals surface area contributed by atoms with Gasteiger partial charge in [-0.25, -0.2) is 0 Å². The van der Waals surface area contributed by atoms with Crippen LogP contribution in [0.1, 0.15) is 37.7 Å². The molecule has 0 bridgehead atoms. The molecule has 0 aromatic heterocycles. The van der Waals surface area contributed by atoms with E-state index in [0.717, 1.165) is 24.3 Å². The minimum absolute atomic E-state index is 0. The highest BCUT2D eigenvalue weighted by atomic mass is 35.5. The van der Waals surface area contributed by atoms with Crippen molar-refractivity contribution in [1.29, 1.82) is 0 Å². The number of rotatable bonds is 5. The highest BCUT2D eigenvalue weighted by Crippen LogP contribution is 2.33. The molecule has 2 N–H and O–H groups in total. The number of amides is 1. The van der Waals surface area contributed by atoms with Gasteiger partial charge in [0.1, 0.15) is 0 Å². The molecule has 5 heteroatoms. The lowest BCUT2D eigenvalue weighted by Gasteiger charge is -2.24. The third-order valence-electron chi connectivity index (χ3n) is 5.00. The molecule has 1 amide bonds. The minimum Gasteiger partial charge on any atom is -0.325 e. The number of carbonyl (C=O) groups is 1. The molecular weight excluding hydrogens is 328 g/mol. The van der Waals surface area contributed by atoms with Gasteiger partial charge < -0.3 is 10.6 Å². The summed E-state index contributed by atoms with van der Waals surface area (Å²) in [6, 6.07) is 8.84. The molecule has 0 radical (unpaired) electrons. The summed E-state index contributed by atoms with van der Waals surface area (Å²) < 4.78 is 0. The molecule has 128 valence electrons. The summed E-state index contributed by atoms with van der Waals surface area (Å²) in [6.07, 6.45) is 9.37. The number of hydrogen-bond acceptors (Lipinski definition) is 3. The van der Waals surface area contributed by atoms with Crippen LogP contribution in [0, 0.1) is 5.92 Å². The molecule has 1 saturated carbocycles. The number of anilines is 1. The average Bonchev–Trinajstić information content (AvgIpc) is 2.98. The van der Waals surface area contributed by atoms with E-state index in [2.05, 4.69) is 29.0 Å². The van der Waals surface area contributed by atoms with Gasteiger partial charge in [0.25, 0.3) is 0 Å². The summed E-state index contributed by atoms with van der Waals surface area (Å²) in [5.41, 5.74) is 2.24. The molecule has 1 heterocycles. The van der Waals surface area contributed by atoms with Crippen molar-refractivity contribution in [3.8, 4) is 0 Å². The molecule has 3 unspecified atom stereocenters. The lowest BCUT2D eigenvalue weighted by molar-refractivity contribution is -0.117. The molecule has 23 heavy (non-hydrogen) atoms. The molecule has 3 atom stereocenters. The van der Waals surface area contributed by atoms with Crippen LogP contribution in [0.25, 0.3) is 0 Å². The van der Waals surface area contributed by atoms with Crippen LogP contribution in [0.2, 0.25) is 0 Å². The fourth-order valence-corrected chi connectivity index (χ4v) is 4.16. The van der Waals surface area contributed by atoms with Crippen LogP contribution in [0.3, 0.4) is 0 Å². The number of nitrogens with one attached hydrogen (secondary N) is 2. The zero-order valence-corrected chi connectivity index (χ0v) is 15.3. The van der Waals surface area contributed by atoms with Gasteiger partial charge in [0.05, 0.1) is 6.04 Å². The van der Waals surface area contributed by atoms with Crippen LogP contribution < -0.4 is 10.6 Å². The number of benzene rings is 1. The van der Waals surface area contributed by atoms with Crippen LogP contribution in [0.4, 0.5) is 5.69 Å². The molecular formula is C18H27ClN2OS. The van der Waals surface area contributed by atoms with Gasteiger partial charge in [-0.1, -0.05) is 25.0 Å². The van der Waals surface area contributed by atoms with Crippen molar-refractivity contribution in [3.63, 3.8) is 0 Å². The predicted molar refractivity (Wildman–Crippen MR) is 102 cm³/mol. The van der Waals surface area contributed by atoms with E-state index >= 15 is 0 Å². The molecule has 3 nitrogen and oxygen atoms in total. The van der Waals surface area contributed by atoms with Crippen molar-refractivity contribution >= 4 is 35.8 Å². The number of hydrogen-bond donors (Lipinski definition) is 2. The van der Waals surface area contributed by atoms with E-state index in [-0.39, 0.29) is 24.4 Å². The summed E-state index contributed by atoms with van der Waals surface area (Å²) >= 11 is 1.86. The van der Waals surface area contributed by atoms with Crippen LogP contribution >= 0.6 is 24.2 Å². The third-order valence-corrected chi connectivity index (χ3v) is 5.61. The summed E-state index contributed by atoms with van der Waals surface area (Å²) in [4.78, 5) is 12.4. The highest BCUT2D eigenvalue weighted by Gasteiger charge is 2.38. The number of carbonyl (C=O) groups excluding carboxylic acids is 1. The van der Waals surface area contributed by atoms with E-state index in [0.29, 0.717) is 12.0 Å². The van der Waals surface area contributed by atoms with Gasteiger partial charge in [0.2, 0.25) is 5.91 Å². The SMILES string of the molecule is CSCCc1ccc(NC(=O)C2CC3CCCCC3N2)cc1.Cl. The fraction of sp³-hybridized carbons (Fsp3) is 0.611. The molecule has 0 spiro atoms. The lowest BCUT2D eigenvalue weighted by Crippen LogP contribution is -2.39. The Labute approximate surface area is 149 Å². The van der Waals surface area contributed by atoms with Gasteiger partial charge in [0, 0.05) is 11.7 Å². The van der Waals surface area contributed by atoms with Crippen LogP contribution in [-0.2, 0) is 11.2 Å². The maximum atomic E-state index is 12.4. The van der Waals surface area contributed by atoms with Crippen molar-refractivity contribution in [3.05, 3.63) is 29.8 Å². The predicted octanol–water partition coefficient (Wildman–Crippen LogP) is 3.87. The summed E-state index contributed by atoms with van der Waals surface area (Å²) in [6.45, 7) is 0. The molecule has 1 aromatic carbocycles. The summed E-state index contributed by atoms with van der Waals surface area (Å²) in [5, 5.41) is 6.61. The fourth-order valence-electron chi connectivity index (χ4n) is 3.73. The second-order valence-electron chi connectivity index (χ2n) is 6.53. The Kier molecular flexibility index (Phi) is 7.25. The number of fused-ring (bicyclic) bond motifs is 1. The van der Waals surface area contributed by atoms with Gasteiger partial charge in [-0.05, 0) is 61.3 Å². The second kappa shape index (κ2) is 8.95. The smallest absolute Gasteiger partial charge is 0.241 e. The van der Waals surface area contributed by atoms with Crippen molar-refractivity contribution in [2.24, 2.45) is 5.92 Å². The number of halogens is 1. The average molecular weight is 355 g/mol. The standard InChI is InChI=1S/C18H26N2OS.ClH/c1-22-11-10-13-6-8-15(9-7-13)19-18(21)17-12-14-4-2-3-5-16(14)20-17;/h6-9,14,16-17,20H,2-5,10-12H2,1H3,(H,19,21);1H. The van der Waals surface area contributed by atoms with Crippen molar-refractivity contribution in [1.82, 2.24) is 5.32 Å². The van der Waals surface area contributed by atoms with Gasteiger partial charge in [-0.3, -0.25) is 4.79 Å². The topological polar surface area (TPSA) is 41.1 Å². The summed E-state index contributed by atoms with van der Waals surface area (Å²) in [7, 11) is 0. The van der Waals surface area contributed by atoms with Crippen molar-refractivity contribution < 1.29 is 4.79 Å². The van der Waals surface area contributed by atoms with E-state index in [4.69, 9.17) is 0 Å². The first-order valence-electron chi connectivity index (χ1n) is 8.41. The molecule has 2 fully saturated rings. The van der Waals surface area contributed by atoms with E-state index in [1.165, 1.54) is 31.2 Å². The van der Waals surface area contributed by atoms with Crippen LogP contribution in [0.5, 0.6) is 0 Å².